The summed E-state index contributed by atoms with van der Waals surface area (Å²) in [4.78, 5) is 29.0. The number of rotatable bonds is 6. The molecule has 3 aromatic carbocycles. The largest absolute Gasteiger partial charge is 0.355 e. The predicted octanol–water partition coefficient (Wildman–Crippen LogP) is 3.11. The molecule has 1 aliphatic carbocycles. The first-order valence-electron chi connectivity index (χ1n) is 12.8. The van der Waals surface area contributed by atoms with Crippen LogP contribution >= 0.6 is 0 Å². The molecule has 38 heavy (non-hydrogen) atoms. The van der Waals surface area contributed by atoms with E-state index in [1.54, 1.807) is 16.7 Å². The lowest BCUT2D eigenvalue weighted by Crippen LogP contribution is -2.42. The van der Waals surface area contributed by atoms with E-state index in [1.807, 2.05) is 12.1 Å². The normalized spacial score (nSPS) is 19.3. The molecule has 1 amide bonds. The van der Waals surface area contributed by atoms with E-state index < -0.39 is 27.9 Å². The Labute approximate surface area is 220 Å². The minimum Gasteiger partial charge on any atom is -0.355 e. The van der Waals surface area contributed by atoms with Crippen molar-refractivity contribution in [3.63, 3.8) is 0 Å². The number of hydrogen-bond acceptors (Lipinski definition) is 6. The zero-order valence-corrected chi connectivity index (χ0v) is 22.1. The van der Waals surface area contributed by atoms with E-state index >= 15 is 0 Å². The Bertz CT molecular complexity index is 1710. The summed E-state index contributed by atoms with van der Waals surface area (Å²) in [5, 5.41) is 5.06. The summed E-state index contributed by atoms with van der Waals surface area (Å²) in [5.41, 5.74) is 3.40. The summed E-state index contributed by atoms with van der Waals surface area (Å²) in [6.45, 7) is 1.65. The summed E-state index contributed by atoms with van der Waals surface area (Å²) < 4.78 is 31.9. The molecule has 1 unspecified atom stereocenters. The number of amides is 1. The van der Waals surface area contributed by atoms with Crippen LogP contribution in [0, 0.1) is 0 Å². The van der Waals surface area contributed by atoms with Crippen molar-refractivity contribution in [2.45, 2.75) is 37.6 Å². The Hall–Kier alpha value is -3.47. The minimum atomic E-state index is -4.02. The van der Waals surface area contributed by atoms with Crippen LogP contribution in [0.1, 0.15) is 42.3 Å². The van der Waals surface area contributed by atoms with Crippen molar-refractivity contribution in [2.75, 3.05) is 26.4 Å². The summed E-state index contributed by atoms with van der Waals surface area (Å²) in [6, 6.07) is 20.4. The summed E-state index contributed by atoms with van der Waals surface area (Å²) in [7, 11) is -2.64. The number of likely N-dealkylation sites (tertiary alicyclic amines) is 1. The van der Waals surface area contributed by atoms with Gasteiger partial charge in [-0.25, -0.2) is 8.98 Å². The Morgan fingerprint density at radius 3 is 2.37 bits per heavy atom. The Balaban J connectivity index is 1.32. The van der Waals surface area contributed by atoms with Crippen LogP contribution in [0.15, 0.2) is 65.5 Å². The average Bonchev–Trinajstić information content (AvgIpc) is 3.43. The summed E-state index contributed by atoms with van der Waals surface area (Å²) in [5.74, 6) is -0.717. The van der Waals surface area contributed by atoms with Gasteiger partial charge in [0.25, 0.3) is 16.0 Å². The molecule has 1 fully saturated rings. The predicted molar refractivity (Wildman–Crippen MR) is 145 cm³/mol. The molecule has 10 heteroatoms. The standard InChI is InChI=1S/C28H30N4O5S/c1-29-26(33)27(37-38(2,35)36)32-23-12-4-3-11-22(23)31(28(32)34)20-13-15-30(16-14-20)24-17-19-9-5-7-18-8-6-10-21(24)25(18)19/h3-12,20,24,27H,13-17H2,1-2H3,(H,29,33)/t24?,27-/m1/s1. The number of imidazole rings is 1. The molecule has 2 heterocycles. The first-order chi connectivity index (χ1) is 18.3. The van der Waals surface area contributed by atoms with Crippen LogP contribution in [0.4, 0.5) is 0 Å². The minimum absolute atomic E-state index is 0.0898. The van der Waals surface area contributed by atoms with Crippen molar-refractivity contribution in [3.8, 4) is 0 Å². The molecule has 1 aromatic heterocycles. The number of para-hydroxylation sites is 2. The van der Waals surface area contributed by atoms with Crippen molar-refractivity contribution in [1.82, 2.24) is 19.4 Å². The number of piperidine rings is 1. The van der Waals surface area contributed by atoms with Crippen LogP contribution < -0.4 is 11.0 Å². The number of hydrogen-bond donors (Lipinski definition) is 1. The second-order valence-electron chi connectivity index (χ2n) is 10.1. The molecule has 0 radical (unpaired) electrons. The molecular formula is C28H30N4O5S. The molecule has 9 nitrogen and oxygen atoms in total. The van der Waals surface area contributed by atoms with Crippen molar-refractivity contribution >= 4 is 37.8 Å². The third-order valence-electron chi connectivity index (χ3n) is 7.88. The second kappa shape index (κ2) is 9.37. The molecule has 0 spiro atoms. The van der Waals surface area contributed by atoms with Crippen LogP contribution in [0.25, 0.3) is 21.8 Å². The van der Waals surface area contributed by atoms with Gasteiger partial charge in [0.15, 0.2) is 0 Å². The van der Waals surface area contributed by atoms with Crippen LogP contribution in [0.2, 0.25) is 0 Å². The van der Waals surface area contributed by atoms with Gasteiger partial charge >= 0.3 is 5.69 Å². The first-order valence-corrected chi connectivity index (χ1v) is 14.6. The fourth-order valence-electron chi connectivity index (χ4n) is 6.26. The number of carbonyl (C=O) groups is 1. The number of fused-ring (bicyclic) bond motifs is 1. The third kappa shape index (κ3) is 4.13. The second-order valence-corrected chi connectivity index (χ2v) is 11.7. The molecular weight excluding hydrogens is 504 g/mol. The van der Waals surface area contributed by atoms with Crippen molar-refractivity contribution in [3.05, 3.63) is 82.3 Å². The topological polar surface area (TPSA) is 103 Å². The number of benzene rings is 3. The number of likely N-dealkylation sites (N-methyl/N-ethyl adjacent to an activating group) is 1. The zero-order valence-electron chi connectivity index (χ0n) is 21.3. The van der Waals surface area contributed by atoms with E-state index in [0.29, 0.717) is 17.1 Å². The van der Waals surface area contributed by atoms with Gasteiger partial charge in [0.1, 0.15) is 0 Å². The Kier molecular flexibility index (Phi) is 6.13. The van der Waals surface area contributed by atoms with Gasteiger partial charge in [-0.1, -0.05) is 48.5 Å². The molecule has 198 valence electrons. The maximum Gasteiger partial charge on any atom is 0.331 e. The van der Waals surface area contributed by atoms with E-state index in [-0.39, 0.29) is 6.04 Å². The molecule has 6 rings (SSSR count). The van der Waals surface area contributed by atoms with Crippen molar-refractivity contribution in [1.29, 1.82) is 0 Å². The van der Waals surface area contributed by atoms with Gasteiger partial charge in [0.05, 0.1) is 17.3 Å². The van der Waals surface area contributed by atoms with Crippen LogP contribution in [-0.2, 0) is 25.5 Å². The zero-order chi connectivity index (χ0) is 26.6. The van der Waals surface area contributed by atoms with Gasteiger partial charge in [-0.15, -0.1) is 0 Å². The number of carbonyl (C=O) groups excluding carboxylic acids is 1. The first kappa shape index (κ1) is 24.8. The van der Waals surface area contributed by atoms with E-state index in [4.69, 9.17) is 4.18 Å². The fourth-order valence-corrected chi connectivity index (χ4v) is 6.77. The molecule has 0 bridgehead atoms. The van der Waals surface area contributed by atoms with Crippen LogP contribution in [0.3, 0.4) is 0 Å². The maximum absolute atomic E-state index is 13.8. The lowest BCUT2D eigenvalue weighted by atomic mass is 9.99. The summed E-state index contributed by atoms with van der Waals surface area (Å²) >= 11 is 0. The van der Waals surface area contributed by atoms with Gasteiger partial charge in [-0.05, 0) is 53.3 Å². The van der Waals surface area contributed by atoms with Crippen molar-refractivity contribution < 1.29 is 17.4 Å². The highest BCUT2D eigenvalue weighted by atomic mass is 32.2. The van der Waals surface area contributed by atoms with Crippen LogP contribution in [0.5, 0.6) is 0 Å². The van der Waals surface area contributed by atoms with E-state index in [9.17, 15) is 18.0 Å². The molecule has 2 atom stereocenters. The van der Waals surface area contributed by atoms with Gasteiger partial charge in [0.2, 0.25) is 6.23 Å². The monoisotopic (exact) mass is 534 g/mol. The molecule has 1 N–H and O–H groups in total. The highest BCUT2D eigenvalue weighted by molar-refractivity contribution is 7.86. The fraction of sp³-hybridized carbons (Fsp3) is 0.357. The van der Waals surface area contributed by atoms with Gasteiger partial charge < -0.3 is 5.32 Å². The van der Waals surface area contributed by atoms with E-state index in [2.05, 4.69) is 46.6 Å². The average molecular weight is 535 g/mol. The highest BCUT2D eigenvalue weighted by Crippen LogP contribution is 2.42. The third-order valence-corrected chi connectivity index (χ3v) is 8.42. The van der Waals surface area contributed by atoms with E-state index in [0.717, 1.165) is 43.2 Å². The summed E-state index contributed by atoms with van der Waals surface area (Å²) in [6.07, 6.45) is 1.73. The van der Waals surface area contributed by atoms with Crippen molar-refractivity contribution in [2.24, 2.45) is 0 Å². The SMILES string of the molecule is CNC(=O)[C@@H](OS(C)(=O)=O)n1c(=O)n(C2CCN(C3Cc4cccc5cccc3c45)CC2)c2ccccc21. The highest BCUT2D eigenvalue weighted by Gasteiger charge is 2.35. The van der Waals surface area contributed by atoms with Gasteiger partial charge in [-0.3, -0.25) is 18.8 Å². The number of nitrogens with one attached hydrogen (secondary N) is 1. The van der Waals surface area contributed by atoms with Crippen LogP contribution in [-0.4, -0.2) is 54.8 Å². The quantitative estimate of drug-likeness (QED) is 0.382. The molecule has 0 saturated carbocycles. The maximum atomic E-state index is 13.8. The Morgan fingerprint density at radius 1 is 1.00 bits per heavy atom. The smallest absolute Gasteiger partial charge is 0.331 e. The Morgan fingerprint density at radius 2 is 1.68 bits per heavy atom. The van der Waals surface area contributed by atoms with Gasteiger partial charge in [-0.2, -0.15) is 8.42 Å². The molecule has 1 saturated heterocycles. The van der Waals surface area contributed by atoms with Gasteiger partial charge in [0, 0.05) is 32.2 Å². The number of nitrogens with zero attached hydrogens (tertiary/aromatic N) is 3. The van der Waals surface area contributed by atoms with E-state index in [1.165, 1.54) is 28.9 Å². The molecule has 2 aliphatic rings. The lowest BCUT2D eigenvalue weighted by Gasteiger charge is -2.36. The molecule has 1 aliphatic heterocycles. The molecule has 4 aromatic rings. The number of aromatic nitrogens is 2. The lowest BCUT2D eigenvalue weighted by molar-refractivity contribution is -0.131.